The third-order valence-electron chi connectivity index (χ3n) is 5.05. The largest absolute Gasteiger partial charge is 0.325 e. The van der Waals surface area contributed by atoms with E-state index < -0.39 is 0 Å². The highest BCUT2D eigenvalue weighted by Crippen LogP contribution is 2.30. The molecule has 1 fully saturated rings. The van der Waals surface area contributed by atoms with Crippen molar-refractivity contribution in [1.82, 2.24) is 15.5 Å². The van der Waals surface area contributed by atoms with Crippen LogP contribution < -0.4 is 16.2 Å². The molecule has 1 saturated carbocycles. The predicted octanol–water partition coefficient (Wildman–Crippen LogP) is 4.10. The van der Waals surface area contributed by atoms with E-state index in [-0.39, 0.29) is 11.5 Å². The van der Waals surface area contributed by atoms with Crippen molar-refractivity contribution < 1.29 is 4.79 Å². The van der Waals surface area contributed by atoms with Crippen molar-refractivity contribution in [1.29, 1.82) is 0 Å². The van der Waals surface area contributed by atoms with Crippen LogP contribution in [0.1, 0.15) is 32.1 Å². The van der Waals surface area contributed by atoms with Gasteiger partial charge in [0.2, 0.25) is 5.91 Å². The van der Waals surface area contributed by atoms with Gasteiger partial charge >= 0.3 is 0 Å². The van der Waals surface area contributed by atoms with Crippen molar-refractivity contribution in [2.24, 2.45) is 0 Å². The predicted molar refractivity (Wildman–Crippen MR) is 116 cm³/mol. The molecule has 7 heteroatoms. The number of rotatable bonds is 8. The zero-order valence-corrected chi connectivity index (χ0v) is 16.8. The summed E-state index contributed by atoms with van der Waals surface area (Å²) < 4.78 is 0. The summed E-state index contributed by atoms with van der Waals surface area (Å²) in [5.74, 6) is -0.0604. The Morgan fingerprint density at radius 3 is 2.72 bits per heavy atom. The Labute approximate surface area is 173 Å². The van der Waals surface area contributed by atoms with E-state index in [1.165, 1.54) is 12.8 Å². The van der Waals surface area contributed by atoms with Gasteiger partial charge in [-0.3, -0.25) is 9.59 Å². The lowest BCUT2D eigenvalue weighted by atomic mass is 10.0. The van der Waals surface area contributed by atoms with Gasteiger partial charge in [-0.05, 0) is 50.4 Å². The average Bonchev–Trinajstić information content (AvgIpc) is 3.55. The molecule has 2 aromatic carbocycles. The van der Waals surface area contributed by atoms with Crippen LogP contribution in [-0.4, -0.2) is 28.7 Å². The van der Waals surface area contributed by atoms with E-state index in [1.54, 1.807) is 18.2 Å². The molecule has 1 aliphatic rings. The van der Waals surface area contributed by atoms with Gasteiger partial charge in [-0.15, -0.1) is 0 Å². The lowest BCUT2D eigenvalue weighted by Gasteiger charge is -2.11. The fourth-order valence-electron chi connectivity index (χ4n) is 3.32. The first-order valence-corrected chi connectivity index (χ1v) is 10.3. The lowest BCUT2D eigenvalue weighted by Crippen LogP contribution is -2.18. The van der Waals surface area contributed by atoms with E-state index in [2.05, 4.69) is 20.8 Å². The molecule has 150 valence electrons. The molecule has 4 rings (SSSR count). The third kappa shape index (κ3) is 4.83. The van der Waals surface area contributed by atoms with Crippen LogP contribution in [0.4, 0.5) is 5.69 Å². The van der Waals surface area contributed by atoms with Gasteiger partial charge in [0.05, 0.1) is 21.8 Å². The SMILES string of the molecule is O=C(CCCCNC1CC1)Nc1cc(-c2n[nH]c(=O)c3ccccc23)ccc1Cl. The minimum atomic E-state index is -0.233. The van der Waals surface area contributed by atoms with Crippen LogP contribution in [0.15, 0.2) is 47.3 Å². The van der Waals surface area contributed by atoms with E-state index in [0.717, 1.165) is 30.3 Å². The van der Waals surface area contributed by atoms with Crippen LogP contribution in [-0.2, 0) is 4.79 Å². The van der Waals surface area contributed by atoms with Crippen LogP contribution >= 0.6 is 11.6 Å². The standard InChI is InChI=1S/C22H23ClN4O2/c23-18-11-8-14(21-16-5-1-2-6-17(16)22(29)27-26-21)13-19(18)25-20(28)7-3-4-12-24-15-9-10-15/h1-2,5-6,8,11,13,15,24H,3-4,7,9-10,12H2,(H,25,28)(H,27,29). The van der Waals surface area contributed by atoms with E-state index >= 15 is 0 Å². The summed E-state index contributed by atoms with van der Waals surface area (Å²) in [5, 5.41) is 14.9. The molecule has 29 heavy (non-hydrogen) atoms. The highest BCUT2D eigenvalue weighted by atomic mass is 35.5. The number of halogens is 1. The van der Waals surface area contributed by atoms with Crippen LogP contribution in [0.3, 0.4) is 0 Å². The molecular formula is C22H23ClN4O2. The molecule has 0 atom stereocenters. The number of benzene rings is 2. The van der Waals surface area contributed by atoms with E-state index in [0.29, 0.717) is 34.3 Å². The van der Waals surface area contributed by atoms with Crippen LogP contribution in [0.5, 0.6) is 0 Å². The Hall–Kier alpha value is -2.70. The summed E-state index contributed by atoms with van der Waals surface area (Å²) in [6, 6.07) is 13.3. The van der Waals surface area contributed by atoms with Crippen LogP contribution in [0.25, 0.3) is 22.0 Å². The Kier molecular flexibility index (Phi) is 5.92. The molecular weight excluding hydrogens is 388 g/mol. The van der Waals surface area contributed by atoms with Gasteiger partial charge in [0, 0.05) is 23.4 Å². The van der Waals surface area contributed by atoms with E-state index in [9.17, 15) is 9.59 Å². The second-order valence-electron chi connectivity index (χ2n) is 7.38. The number of aromatic amines is 1. The number of H-pyrrole nitrogens is 1. The number of hydrogen-bond acceptors (Lipinski definition) is 4. The summed E-state index contributed by atoms with van der Waals surface area (Å²) in [4.78, 5) is 24.3. The number of aromatic nitrogens is 2. The molecule has 1 amide bonds. The molecule has 6 nitrogen and oxygen atoms in total. The van der Waals surface area contributed by atoms with Gasteiger partial charge in [-0.1, -0.05) is 35.9 Å². The number of hydrogen-bond donors (Lipinski definition) is 3. The molecule has 3 N–H and O–H groups in total. The smallest absolute Gasteiger partial charge is 0.272 e. The monoisotopic (exact) mass is 410 g/mol. The highest BCUT2D eigenvalue weighted by molar-refractivity contribution is 6.33. The van der Waals surface area contributed by atoms with Gasteiger partial charge < -0.3 is 10.6 Å². The molecule has 3 aromatic rings. The van der Waals surface area contributed by atoms with Crippen LogP contribution in [0, 0.1) is 0 Å². The first-order valence-electron chi connectivity index (χ1n) is 9.92. The van der Waals surface area contributed by atoms with Crippen LogP contribution in [0.2, 0.25) is 5.02 Å². The number of nitrogens with zero attached hydrogens (tertiary/aromatic N) is 1. The fourth-order valence-corrected chi connectivity index (χ4v) is 3.48. The van der Waals surface area contributed by atoms with Crippen molar-refractivity contribution in [3.8, 4) is 11.3 Å². The first-order chi connectivity index (χ1) is 14.1. The minimum absolute atomic E-state index is 0.0604. The van der Waals surface area contributed by atoms with E-state index in [4.69, 9.17) is 11.6 Å². The number of fused-ring (bicyclic) bond motifs is 1. The maximum Gasteiger partial charge on any atom is 0.272 e. The Bertz CT molecular complexity index is 1090. The molecule has 0 unspecified atom stereocenters. The van der Waals surface area contributed by atoms with Crippen molar-refractivity contribution in [2.75, 3.05) is 11.9 Å². The molecule has 0 radical (unpaired) electrons. The highest BCUT2D eigenvalue weighted by Gasteiger charge is 2.19. The molecule has 1 aliphatic carbocycles. The minimum Gasteiger partial charge on any atom is -0.325 e. The van der Waals surface area contributed by atoms with Crippen molar-refractivity contribution >= 4 is 34.0 Å². The molecule has 0 aliphatic heterocycles. The maximum absolute atomic E-state index is 12.3. The summed E-state index contributed by atoms with van der Waals surface area (Å²) in [7, 11) is 0. The Morgan fingerprint density at radius 1 is 1.14 bits per heavy atom. The summed E-state index contributed by atoms with van der Waals surface area (Å²) in [5.41, 5.74) is 1.72. The van der Waals surface area contributed by atoms with Crippen molar-refractivity contribution in [3.05, 3.63) is 57.8 Å². The normalized spacial score (nSPS) is 13.6. The van der Waals surface area contributed by atoms with Crippen molar-refractivity contribution in [2.45, 2.75) is 38.1 Å². The number of nitrogens with one attached hydrogen (secondary N) is 3. The number of unbranched alkanes of at least 4 members (excludes halogenated alkanes) is 1. The maximum atomic E-state index is 12.3. The lowest BCUT2D eigenvalue weighted by molar-refractivity contribution is -0.116. The number of anilines is 1. The third-order valence-corrected chi connectivity index (χ3v) is 5.38. The van der Waals surface area contributed by atoms with Gasteiger partial charge in [-0.2, -0.15) is 5.10 Å². The molecule has 1 aromatic heterocycles. The summed E-state index contributed by atoms with van der Waals surface area (Å²) in [6.45, 7) is 0.957. The molecule has 1 heterocycles. The summed E-state index contributed by atoms with van der Waals surface area (Å²) in [6.07, 6.45) is 4.80. The number of carbonyl (C=O) groups is 1. The molecule has 0 bridgehead atoms. The molecule has 0 saturated heterocycles. The topological polar surface area (TPSA) is 86.9 Å². The zero-order valence-electron chi connectivity index (χ0n) is 16.0. The van der Waals surface area contributed by atoms with Gasteiger partial charge in [-0.25, -0.2) is 5.10 Å². The average molecular weight is 411 g/mol. The summed E-state index contributed by atoms with van der Waals surface area (Å²) >= 11 is 6.29. The second kappa shape index (κ2) is 8.76. The Morgan fingerprint density at radius 2 is 1.93 bits per heavy atom. The number of amides is 1. The van der Waals surface area contributed by atoms with Gasteiger partial charge in [0.1, 0.15) is 0 Å². The van der Waals surface area contributed by atoms with Gasteiger partial charge in [0.15, 0.2) is 0 Å². The molecule has 0 spiro atoms. The number of carbonyl (C=O) groups excluding carboxylic acids is 1. The van der Waals surface area contributed by atoms with Gasteiger partial charge in [0.25, 0.3) is 5.56 Å². The Balaban J connectivity index is 1.47. The quantitative estimate of drug-likeness (QED) is 0.488. The van der Waals surface area contributed by atoms with Crippen molar-refractivity contribution in [3.63, 3.8) is 0 Å². The fraction of sp³-hybridized carbons (Fsp3) is 0.318. The first kappa shape index (κ1) is 19.6. The zero-order chi connectivity index (χ0) is 20.2. The van der Waals surface area contributed by atoms with E-state index in [1.807, 2.05) is 24.3 Å². The second-order valence-corrected chi connectivity index (χ2v) is 7.78.